The molecule has 1 aliphatic rings. The van der Waals surface area contributed by atoms with Crippen LogP contribution in [0, 0.1) is 5.92 Å². The molecular formula is C16H20O. The maximum absolute atomic E-state index is 10.3. The van der Waals surface area contributed by atoms with Gasteiger partial charge in [0.2, 0.25) is 0 Å². The molecule has 0 saturated heterocycles. The molecule has 1 aromatic rings. The van der Waals surface area contributed by atoms with Crippen molar-refractivity contribution in [2.45, 2.75) is 32.3 Å². The highest BCUT2D eigenvalue weighted by molar-refractivity contribution is 5.27. The fraction of sp³-hybridized carbons (Fsp3) is 0.375. The van der Waals surface area contributed by atoms with Crippen LogP contribution in [0.4, 0.5) is 0 Å². The van der Waals surface area contributed by atoms with E-state index in [1.165, 1.54) is 5.57 Å². The van der Waals surface area contributed by atoms with E-state index in [9.17, 15) is 5.11 Å². The van der Waals surface area contributed by atoms with Gasteiger partial charge in [0.15, 0.2) is 0 Å². The van der Waals surface area contributed by atoms with Crippen LogP contribution in [-0.4, -0.2) is 5.11 Å². The minimum atomic E-state index is -0.428. The molecule has 1 nitrogen and oxygen atoms in total. The minimum absolute atomic E-state index is 0.428. The predicted octanol–water partition coefficient (Wildman–Crippen LogP) is 4.02. The average Bonchev–Trinajstić information content (AvgIpc) is 2.39. The Kier molecular flexibility index (Phi) is 3.80. The smallest absolute Gasteiger partial charge is 0.100 e. The van der Waals surface area contributed by atoms with E-state index in [1.54, 1.807) is 0 Å². The Morgan fingerprint density at radius 2 is 2.06 bits per heavy atom. The summed E-state index contributed by atoms with van der Waals surface area (Å²) in [7, 11) is 0. The highest BCUT2D eigenvalue weighted by Crippen LogP contribution is 2.34. The third-order valence-electron chi connectivity index (χ3n) is 3.61. The monoisotopic (exact) mass is 228 g/mol. The average molecular weight is 228 g/mol. The Balaban J connectivity index is 2.07. The standard InChI is InChI=1S/C16H20O/c1-12(2)13-8-10-15(11-9-13)16(17)14-6-4-3-5-7-14/h3-7,10,13,16-17H,1,8-9,11H2,2H3. The number of hydrogen-bond donors (Lipinski definition) is 1. The van der Waals surface area contributed by atoms with Crippen LogP contribution in [0.25, 0.3) is 0 Å². The number of benzene rings is 1. The molecule has 0 saturated carbocycles. The molecule has 0 heterocycles. The van der Waals surface area contributed by atoms with Gasteiger partial charge in [0.25, 0.3) is 0 Å². The molecule has 0 aliphatic heterocycles. The third-order valence-corrected chi connectivity index (χ3v) is 3.61. The molecule has 2 unspecified atom stereocenters. The van der Waals surface area contributed by atoms with Gasteiger partial charge in [-0.15, -0.1) is 0 Å². The summed E-state index contributed by atoms with van der Waals surface area (Å²) in [6.07, 6.45) is 4.88. The van der Waals surface area contributed by atoms with Crippen LogP contribution < -0.4 is 0 Å². The second-order valence-corrected chi connectivity index (χ2v) is 4.91. The summed E-state index contributed by atoms with van der Waals surface area (Å²) in [5, 5.41) is 10.3. The molecule has 17 heavy (non-hydrogen) atoms. The van der Waals surface area contributed by atoms with Gasteiger partial charge in [-0.3, -0.25) is 0 Å². The highest BCUT2D eigenvalue weighted by atomic mass is 16.3. The largest absolute Gasteiger partial charge is 0.384 e. The van der Waals surface area contributed by atoms with Crippen LogP contribution in [0.1, 0.15) is 37.9 Å². The first-order valence-corrected chi connectivity index (χ1v) is 6.26. The van der Waals surface area contributed by atoms with E-state index in [-0.39, 0.29) is 0 Å². The van der Waals surface area contributed by atoms with E-state index in [0.717, 1.165) is 30.4 Å². The lowest BCUT2D eigenvalue weighted by atomic mass is 9.83. The number of hydrogen-bond acceptors (Lipinski definition) is 1. The molecule has 1 heteroatoms. The molecule has 0 amide bonds. The van der Waals surface area contributed by atoms with Crippen molar-refractivity contribution in [2.24, 2.45) is 5.92 Å². The van der Waals surface area contributed by atoms with Crippen molar-refractivity contribution in [3.05, 3.63) is 59.7 Å². The van der Waals surface area contributed by atoms with Crippen LogP contribution in [0.2, 0.25) is 0 Å². The quantitative estimate of drug-likeness (QED) is 0.775. The zero-order valence-electron chi connectivity index (χ0n) is 10.4. The lowest BCUT2D eigenvalue weighted by molar-refractivity contribution is 0.206. The first-order chi connectivity index (χ1) is 8.18. The molecule has 0 radical (unpaired) electrons. The van der Waals surface area contributed by atoms with Crippen molar-refractivity contribution in [1.82, 2.24) is 0 Å². The van der Waals surface area contributed by atoms with E-state index >= 15 is 0 Å². The van der Waals surface area contributed by atoms with Gasteiger partial charge in [0.1, 0.15) is 6.10 Å². The zero-order valence-corrected chi connectivity index (χ0v) is 10.4. The van der Waals surface area contributed by atoms with E-state index < -0.39 is 6.10 Å². The molecule has 0 spiro atoms. The molecule has 90 valence electrons. The van der Waals surface area contributed by atoms with Crippen LogP contribution in [-0.2, 0) is 0 Å². The molecule has 0 bridgehead atoms. The molecule has 1 aromatic carbocycles. The normalized spacial score (nSPS) is 21.8. The summed E-state index contributed by atoms with van der Waals surface area (Å²) in [5.74, 6) is 0.599. The third kappa shape index (κ3) is 2.86. The maximum atomic E-state index is 10.3. The Hall–Kier alpha value is -1.34. The van der Waals surface area contributed by atoms with Gasteiger partial charge in [-0.05, 0) is 43.2 Å². The van der Waals surface area contributed by atoms with Crippen LogP contribution >= 0.6 is 0 Å². The molecule has 2 rings (SSSR count). The molecule has 2 atom stereocenters. The van der Waals surface area contributed by atoms with Crippen molar-refractivity contribution in [2.75, 3.05) is 0 Å². The van der Waals surface area contributed by atoms with Crippen LogP contribution in [0.3, 0.4) is 0 Å². The Bertz CT molecular complexity index is 416. The summed E-state index contributed by atoms with van der Waals surface area (Å²) in [4.78, 5) is 0. The molecule has 0 fully saturated rings. The topological polar surface area (TPSA) is 20.2 Å². The van der Waals surface area contributed by atoms with Gasteiger partial charge in [0, 0.05) is 0 Å². The second-order valence-electron chi connectivity index (χ2n) is 4.91. The SMILES string of the molecule is C=C(C)C1CC=C(C(O)c2ccccc2)CC1. The minimum Gasteiger partial charge on any atom is -0.384 e. The Morgan fingerprint density at radius 3 is 2.59 bits per heavy atom. The first-order valence-electron chi connectivity index (χ1n) is 6.26. The number of aliphatic hydroxyl groups excluding tert-OH is 1. The Labute approximate surface area is 103 Å². The van der Waals surface area contributed by atoms with Gasteiger partial charge >= 0.3 is 0 Å². The van der Waals surface area contributed by atoms with E-state index in [2.05, 4.69) is 19.6 Å². The molecule has 1 aliphatic carbocycles. The van der Waals surface area contributed by atoms with E-state index in [1.807, 2.05) is 30.3 Å². The van der Waals surface area contributed by atoms with Crippen LogP contribution in [0.5, 0.6) is 0 Å². The number of rotatable bonds is 3. The van der Waals surface area contributed by atoms with Gasteiger partial charge in [0.05, 0.1) is 0 Å². The molecule has 0 aromatic heterocycles. The number of allylic oxidation sites excluding steroid dienone is 2. The van der Waals surface area contributed by atoms with E-state index in [4.69, 9.17) is 0 Å². The lowest BCUT2D eigenvalue weighted by Gasteiger charge is -2.25. The van der Waals surface area contributed by atoms with Crippen molar-refractivity contribution in [3.63, 3.8) is 0 Å². The van der Waals surface area contributed by atoms with Crippen molar-refractivity contribution >= 4 is 0 Å². The Morgan fingerprint density at radius 1 is 1.35 bits per heavy atom. The van der Waals surface area contributed by atoms with Crippen molar-refractivity contribution < 1.29 is 5.11 Å². The van der Waals surface area contributed by atoms with Gasteiger partial charge in [-0.25, -0.2) is 0 Å². The summed E-state index contributed by atoms with van der Waals surface area (Å²) >= 11 is 0. The summed E-state index contributed by atoms with van der Waals surface area (Å²) < 4.78 is 0. The maximum Gasteiger partial charge on any atom is 0.100 e. The zero-order chi connectivity index (χ0) is 12.3. The second kappa shape index (κ2) is 5.33. The lowest BCUT2D eigenvalue weighted by Crippen LogP contribution is -2.11. The molecular weight excluding hydrogens is 208 g/mol. The van der Waals surface area contributed by atoms with Crippen LogP contribution in [0.15, 0.2) is 54.1 Å². The fourth-order valence-corrected chi connectivity index (χ4v) is 2.40. The summed E-state index contributed by atoms with van der Waals surface area (Å²) in [6, 6.07) is 9.88. The summed E-state index contributed by atoms with van der Waals surface area (Å²) in [5.41, 5.74) is 3.41. The van der Waals surface area contributed by atoms with E-state index in [0.29, 0.717) is 5.92 Å². The fourth-order valence-electron chi connectivity index (χ4n) is 2.40. The predicted molar refractivity (Wildman–Crippen MR) is 71.6 cm³/mol. The van der Waals surface area contributed by atoms with Crippen molar-refractivity contribution in [3.8, 4) is 0 Å². The van der Waals surface area contributed by atoms with Gasteiger partial charge < -0.3 is 5.11 Å². The van der Waals surface area contributed by atoms with Gasteiger partial charge in [-0.2, -0.15) is 0 Å². The number of aliphatic hydroxyl groups is 1. The summed E-state index contributed by atoms with van der Waals surface area (Å²) in [6.45, 7) is 6.11. The highest BCUT2D eigenvalue weighted by Gasteiger charge is 2.20. The molecule has 1 N–H and O–H groups in total. The first kappa shape index (κ1) is 12.1. The van der Waals surface area contributed by atoms with Crippen molar-refractivity contribution in [1.29, 1.82) is 0 Å². The van der Waals surface area contributed by atoms with Gasteiger partial charge in [-0.1, -0.05) is 48.6 Å².